The summed E-state index contributed by atoms with van der Waals surface area (Å²) in [5.74, 6) is -4.74. The van der Waals surface area contributed by atoms with Crippen LogP contribution in [0.15, 0.2) is 59.8 Å². The van der Waals surface area contributed by atoms with E-state index in [4.69, 9.17) is 11.6 Å². The fraction of sp³-hybridized carbons (Fsp3) is 0.308. The molecule has 0 aliphatic heterocycles. The third-order valence-electron chi connectivity index (χ3n) is 7.06. The lowest BCUT2D eigenvalue weighted by molar-refractivity contribution is -0.0643. The van der Waals surface area contributed by atoms with Crippen molar-refractivity contribution < 1.29 is 23.1 Å². The number of aromatic nitrogens is 1. The van der Waals surface area contributed by atoms with Crippen molar-refractivity contribution in [3.63, 3.8) is 0 Å². The Hall–Kier alpha value is -2.55. The number of anilines is 1. The highest BCUT2D eigenvalue weighted by Gasteiger charge is 2.54. The predicted molar refractivity (Wildman–Crippen MR) is 129 cm³/mol. The highest BCUT2D eigenvalue weighted by atomic mass is 35.5. The van der Waals surface area contributed by atoms with Gasteiger partial charge in [0.05, 0.1) is 10.6 Å². The van der Waals surface area contributed by atoms with Gasteiger partial charge in [-0.1, -0.05) is 17.7 Å². The molecule has 3 aromatic rings. The van der Waals surface area contributed by atoms with Crippen molar-refractivity contribution in [3.8, 4) is 0 Å². The fourth-order valence-corrected chi connectivity index (χ4v) is 7.06. The number of thioether (sulfide) groups is 1. The first-order chi connectivity index (χ1) is 16.8. The average Bonchev–Trinajstić information content (AvgIpc) is 3.01. The highest BCUT2D eigenvalue weighted by Crippen LogP contribution is 2.57. The Morgan fingerprint density at radius 1 is 1.09 bits per heavy atom. The number of benzene rings is 2. The summed E-state index contributed by atoms with van der Waals surface area (Å²) in [6.45, 7) is 0. The number of amides is 1. The van der Waals surface area contributed by atoms with Gasteiger partial charge in [-0.25, -0.2) is 13.2 Å². The molecule has 0 radical (unpaired) electrons. The number of nitrogens with zero attached hydrogens (tertiary/aromatic N) is 1. The minimum absolute atomic E-state index is 0.108. The van der Waals surface area contributed by atoms with E-state index in [9.17, 15) is 23.1 Å². The van der Waals surface area contributed by atoms with E-state index in [1.165, 1.54) is 6.07 Å². The van der Waals surface area contributed by atoms with E-state index in [-0.39, 0.29) is 28.3 Å². The summed E-state index contributed by atoms with van der Waals surface area (Å²) in [5, 5.41) is 14.7. The molecule has 35 heavy (non-hydrogen) atoms. The van der Waals surface area contributed by atoms with E-state index in [0.29, 0.717) is 9.92 Å². The molecular formula is C26H22ClF3N2O2S. The van der Waals surface area contributed by atoms with E-state index in [1.54, 1.807) is 36.3 Å². The molecule has 2 aliphatic rings. The number of pyridine rings is 1. The largest absolute Gasteiger partial charge is 0.385 e. The predicted octanol–water partition coefficient (Wildman–Crippen LogP) is 6.57. The lowest BCUT2D eigenvalue weighted by atomic mass is 9.71. The second-order valence-electron chi connectivity index (χ2n) is 9.10. The van der Waals surface area contributed by atoms with Crippen molar-refractivity contribution in [3.05, 3.63) is 88.5 Å². The number of carbonyl (C=O) groups excluding carboxylic acids is 1. The maximum absolute atomic E-state index is 13.5. The molecule has 0 saturated heterocycles. The molecule has 2 N–H and O–H groups in total. The van der Waals surface area contributed by atoms with Gasteiger partial charge in [0.1, 0.15) is 0 Å². The summed E-state index contributed by atoms with van der Waals surface area (Å²) < 4.78 is 40.2. The van der Waals surface area contributed by atoms with Gasteiger partial charge < -0.3 is 10.4 Å². The van der Waals surface area contributed by atoms with Gasteiger partial charge in [0.2, 0.25) is 0 Å². The van der Waals surface area contributed by atoms with Crippen LogP contribution in [-0.2, 0) is 5.60 Å². The highest BCUT2D eigenvalue weighted by molar-refractivity contribution is 8.00. The number of halogens is 4. The molecule has 4 atom stereocenters. The molecule has 1 aromatic heterocycles. The maximum atomic E-state index is 13.5. The molecule has 2 aliphatic carbocycles. The van der Waals surface area contributed by atoms with E-state index in [2.05, 4.69) is 10.3 Å². The zero-order valence-corrected chi connectivity index (χ0v) is 20.1. The zero-order valence-electron chi connectivity index (χ0n) is 18.5. The minimum atomic E-state index is -1.59. The SMILES string of the molecule is O=C(Nc1cc(F)c(F)c(F)c1)c1ccc(Cl)c(SC2CC3CC[C@@H](C2)C3(O)c2cccnc2)c1. The van der Waals surface area contributed by atoms with Crippen LogP contribution in [0.2, 0.25) is 5.02 Å². The van der Waals surface area contributed by atoms with Crippen LogP contribution in [0.25, 0.3) is 0 Å². The van der Waals surface area contributed by atoms with Crippen LogP contribution in [0.5, 0.6) is 0 Å². The molecule has 1 heterocycles. The van der Waals surface area contributed by atoms with Crippen LogP contribution in [0.1, 0.15) is 41.6 Å². The van der Waals surface area contributed by atoms with Gasteiger partial charge in [0.15, 0.2) is 17.5 Å². The monoisotopic (exact) mass is 518 g/mol. The first kappa shape index (κ1) is 24.2. The second kappa shape index (κ2) is 9.48. The minimum Gasteiger partial charge on any atom is -0.385 e. The average molecular weight is 519 g/mol. The summed E-state index contributed by atoms with van der Waals surface area (Å²) in [4.78, 5) is 17.6. The summed E-state index contributed by atoms with van der Waals surface area (Å²) >= 11 is 8.00. The lowest BCUT2D eigenvalue weighted by Crippen LogP contribution is -2.43. The summed E-state index contributed by atoms with van der Waals surface area (Å²) in [6.07, 6.45) is 6.92. The van der Waals surface area contributed by atoms with Crippen molar-refractivity contribution in [2.75, 3.05) is 5.32 Å². The van der Waals surface area contributed by atoms with E-state index >= 15 is 0 Å². The Kier molecular flexibility index (Phi) is 6.55. The van der Waals surface area contributed by atoms with Crippen LogP contribution in [0.4, 0.5) is 18.9 Å². The molecule has 2 saturated carbocycles. The van der Waals surface area contributed by atoms with Crippen molar-refractivity contribution >= 4 is 35.0 Å². The maximum Gasteiger partial charge on any atom is 0.255 e. The van der Waals surface area contributed by atoms with Crippen molar-refractivity contribution in [2.45, 2.75) is 41.4 Å². The topological polar surface area (TPSA) is 62.2 Å². The molecule has 1 amide bonds. The molecule has 9 heteroatoms. The Labute approximate surface area is 209 Å². The van der Waals surface area contributed by atoms with Gasteiger partial charge >= 0.3 is 0 Å². The summed E-state index contributed by atoms with van der Waals surface area (Å²) in [6, 6.07) is 9.99. The van der Waals surface area contributed by atoms with Crippen LogP contribution in [0.3, 0.4) is 0 Å². The Morgan fingerprint density at radius 3 is 2.40 bits per heavy atom. The number of hydrogen-bond donors (Lipinski definition) is 2. The van der Waals surface area contributed by atoms with Gasteiger partial charge in [0, 0.05) is 51.5 Å². The van der Waals surface area contributed by atoms with Crippen LogP contribution < -0.4 is 5.32 Å². The Balaban J connectivity index is 1.31. The number of fused-ring (bicyclic) bond motifs is 2. The smallest absolute Gasteiger partial charge is 0.255 e. The van der Waals surface area contributed by atoms with Crippen molar-refractivity contribution in [1.82, 2.24) is 4.98 Å². The zero-order chi connectivity index (χ0) is 24.7. The summed E-state index contributed by atoms with van der Waals surface area (Å²) in [5.41, 5.74) is 0.0550. The lowest BCUT2D eigenvalue weighted by Gasteiger charge is -2.42. The molecule has 0 spiro atoms. The quantitative estimate of drug-likeness (QED) is 0.375. The summed E-state index contributed by atoms with van der Waals surface area (Å²) in [7, 11) is 0. The number of nitrogens with one attached hydrogen (secondary N) is 1. The molecule has 2 bridgehead atoms. The van der Waals surface area contributed by atoms with Crippen LogP contribution in [0, 0.1) is 29.3 Å². The second-order valence-corrected chi connectivity index (χ2v) is 10.9. The molecule has 182 valence electrons. The van der Waals surface area contributed by atoms with Gasteiger partial charge in [-0.15, -0.1) is 11.8 Å². The first-order valence-corrected chi connectivity index (χ1v) is 12.6. The molecule has 5 rings (SSSR count). The Bertz CT molecular complexity index is 1240. The van der Waals surface area contributed by atoms with Gasteiger partial charge in [-0.05, 0) is 61.8 Å². The molecule has 2 aromatic carbocycles. The number of aliphatic hydroxyl groups is 1. The van der Waals surface area contributed by atoms with Gasteiger partial charge in [0.25, 0.3) is 5.91 Å². The number of hydrogen-bond acceptors (Lipinski definition) is 4. The number of carbonyl (C=O) groups is 1. The van der Waals surface area contributed by atoms with E-state index in [1.807, 2.05) is 12.1 Å². The standard InChI is InChI=1S/C26H22ClF3N2O2S/c27-20-6-3-14(25(33)32-18-11-21(28)24(30)22(29)12-18)8-23(20)35-19-9-15-4-5-16(10-19)26(15,34)17-2-1-7-31-13-17/h1-3,6-8,11-13,15-16,19,34H,4-5,9-10H2,(H,32,33)/t15-,16?,19?,26?/m0/s1. The first-order valence-electron chi connectivity index (χ1n) is 11.3. The third kappa shape index (κ3) is 4.55. The number of rotatable bonds is 5. The third-order valence-corrected chi connectivity index (χ3v) is 8.81. The molecule has 3 unspecified atom stereocenters. The molecule has 2 fully saturated rings. The van der Waals surface area contributed by atoms with Crippen molar-refractivity contribution in [2.24, 2.45) is 11.8 Å². The van der Waals surface area contributed by atoms with Gasteiger partial charge in [-0.3, -0.25) is 9.78 Å². The van der Waals surface area contributed by atoms with Crippen LogP contribution >= 0.6 is 23.4 Å². The normalized spacial score (nSPS) is 25.5. The molecule has 4 nitrogen and oxygen atoms in total. The van der Waals surface area contributed by atoms with E-state index in [0.717, 1.165) is 43.4 Å². The Morgan fingerprint density at radius 2 is 1.77 bits per heavy atom. The molecular weight excluding hydrogens is 497 g/mol. The van der Waals surface area contributed by atoms with Crippen LogP contribution in [-0.4, -0.2) is 21.2 Å². The van der Waals surface area contributed by atoms with Gasteiger partial charge in [-0.2, -0.15) is 0 Å². The fourth-order valence-electron chi connectivity index (χ4n) is 5.41. The van der Waals surface area contributed by atoms with Crippen molar-refractivity contribution in [1.29, 1.82) is 0 Å². The van der Waals surface area contributed by atoms with E-state index < -0.39 is 29.0 Å².